The molecule has 1 heterocycles. The predicted octanol–water partition coefficient (Wildman–Crippen LogP) is 2.68. The maximum absolute atomic E-state index is 9.65. The van der Waals surface area contributed by atoms with Gasteiger partial charge in [0.25, 0.3) is 0 Å². The molecular weight excluding hydrogens is 238 g/mol. The third kappa shape index (κ3) is 3.48. The molecule has 2 rings (SSSR count). The number of ether oxygens (including phenoxy) is 1. The van der Waals surface area contributed by atoms with E-state index in [-0.39, 0.29) is 5.41 Å². The van der Waals surface area contributed by atoms with Gasteiger partial charge in [0.15, 0.2) is 0 Å². The van der Waals surface area contributed by atoms with E-state index in [4.69, 9.17) is 4.74 Å². The van der Waals surface area contributed by atoms with E-state index in [1.165, 1.54) is 12.0 Å². The largest absolute Gasteiger partial charge is 0.497 e. The lowest BCUT2D eigenvalue weighted by Crippen LogP contribution is -2.44. The maximum atomic E-state index is 9.65. The van der Waals surface area contributed by atoms with Crippen LogP contribution in [0.25, 0.3) is 0 Å². The molecular formula is C16H25NO2. The molecule has 3 heteroatoms. The lowest BCUT2D eigenvalue weighted by Gasteiger charge is -2.41. The van der Waals surface area contributed by atoms with Gasteiger partial charge in [0.1, 0.15) is 5.75 Å². The smallest absolute Gasteiger partial charge is 0.118 e. The van der Waals surface area contributed by atoms with Gasteiger partial charge in [-0.2, -0.15) is 0 Å². The highest BCUT2D eigenvalue weighted by molar-refractivity contribution is 5.27. The molecule has 3 nitrogen and oxygen atoms in total. The highest BCUT2D eigenvalue weighted by Crippen LogP contribution is 2.33. The minimum atomic E-state index is 0.116. The first-order valence-corrected chi connectivity index (χ1v) is 7.17. The molecule has 1 atom stereocenters. The number of methoxy groups -OCH3 is 1. The van der Waals surface area contributed by atoms with Crippen LogP contribution >= 0.6 is 0 Å². The summed E-state index contributed by atoms with van der Waals surface area (Å²) in [6, 6.07) is 8.27. The molecule has 1 aromatic carbocycles. The molecule has 0 bridgehead atoms. The lowest BCUT2D eigenvalue weighted by atomic mass is 9.78. The first-order chi connectivity index (χ1) is 9.21. The quantitative estimate of drug-likeness (QED) is 0.886. The summed E-state index contributed by atoms with van der Waals surface area (Å²) in [6.45, 7) is 5.60. The minimum Gasteiger partial charge on any atom is -0.497 e. The van der Waals surface area contributed by atoms with E-state index in [1.54, 1.807) is 7.11 Å². The average Bonchev–Trinajstić information content (AvgIpc) is 2.48. The van der Waals surface area contributed by atoms with E-state index in [0.29, 0.717) is 6.61 Å². The second-order valence-corrected chi connectivity index (χ2v) is 5.67. The Hall–Kier alpha value is -1.06. The van der Waals surface area contributed by atoms with E-state index < -0.39 is 0 Å². The Kier molecular flexibility index (Phi) is 4.83. The predicted molar refractivity (Wildman–Crippen MR) is 77.3 cm³/mol. The Balaban J connectivity index is 1.98. The highest BCUT2D eigenvalue weighted by Gasteiger charge is 2.33. The molecule has 0 spiro atoms. The molecule has 0 aliphatic carbocycles. The Labute approximate surface area is 116 Å². The summed E-state index contributed by atoms with van der Waals surface area (Å²) in [6.07, 6.45) is 3.40. The molecule has 1 aromatic rings. The molecule has 106 valence electrons. The first kappa shape index (κ1) is 14.4. The number of hydrogen-bond donors (Lipinski definition) is 1. The second-order valence-electron chi connectivity index (χ2n) is 5.67. The molecule has 1 fully saturated rings. The topological polar surface area (TPSA) is 32.7 Å². The molecule has 1 N–H and O–H groups in total. The number of hydrogen-bond acceptors (Lipinski definition) is 3. The maximum Gasteiger partial charge on any atom is 0.118 e. The van der Waals surface area contributed by atoms with Crippen LogP contribution in [-0.2, 0) is 6.54 Å². The summed E-state index contributed by atoms with van der Waals surface area (Å²) < 4.78 is 5.18. The summed E-state index contributed by atoms with van der Waals surface area (Å²) in [5, 5.41) is 9.65. The SMILES string of the molecule is CC[C@@]1(CO)CCCN(Cc2ccc(OC)cc2)C1. The standard InChI is InChI=1S/C16H25NO2/c1-3-16(13-18)9-4-10-17(12-16)11-14-5-7-15(19-2)8-6-14/h5-8,18H,3-4,9-13H2,1-2H3/t16-/m1/s1. The van der Waals surface area contributed by atoms with Crippen LogP contribution in [0.1, 0.15) is 31.7 Å². The van der Waals surface area contributed by atoms with Gasteiger partial charge in [-0.05, 0) is 43.5 Å². The average molecular weight is 263 g/mol. The monoisotopic (exact) mass is 263 g/mol. The summed E-state index contributed by atoms with van der Waals surface area (Å²) >= 11 is 0. The van der Waals surface area contributed by atoms with Crippen molar-refractivity contribution in [1.29, 1.82) is 0 Å². The van der Waals surface area contributed by atoms with Gasteiger partial charge in [0, 0.05) is 25.1 Å². The van der Waals surface area contributed by atoms with Gasteiger partial charge >= 0.3 is 0 Å². The van der Waals surface area contributed by atoms with Gasteiger partial charge in [-0.15, -0.1) is 0 Å². The number of piperidine rings is 1. The van der Waals surface area contributed by atoms with Crippen molar-refractivity contribution in [2.75, 3.05) is 26.8 Å². The molecule has 19 heavy (non-hydrogen) atoms. The van der Waals surface area contributed by atoms with E-state index in [1.807, 2.05) is 12.1 Å². The van der Waals surface area contributed by atoms with Crippen molar-refractivity contribution in [2.45, 2.75) is 32.7 Å². The van der Waals surface area contributed by atoms with Gasteiger partial charge in [-0.3, -0.25) is 4.90 Å². The Morgan fingerprint density at radius 2 is 2.05 bits per heavy atom. The Morgan fingerprint density at radius 1 is 1.32 bits per heavy atom. The number of aliphatic hydroxyl groups excluding tert-OH is 1. The Morgan fingerprint density at radius 3 is 2.63 bits per heavy atom. The number of benzene rings is 1. The lowest BCUT2D eigenvalue weighted by molar-refractivity contribution is 0.0258. The van der Waals surface area contributed by atoms with Crippen molar-refractivity contribution in [2.24, 2.45) is 5.41 Å². The fourth-order valence-corrected chi connectivity index (χ4v) is 2.96. The summed E-state index contributed by atoms with van der Waals surface area (Å²) in [5.74, 6) is 0.903. The van der Waals surface area contributed by atoms with Crippen molar-refractivity contribution in [1.82, 2.24) is 4.90 Å². The van der Waals surface area contributed by atoms with Crippen LogP contribution < -0.4 is 4.74 Å². The number of rotatable bonds is 5. The number of likely N-dealkylation sites (tertiary alicyclic amines) is 1. The second kappa shape index (κ2) is 6.40. The van der Waals surface area contributed by atoms with Crippen LogP contribution in [0.3, 0.4) is 0 Å². The van der Waals surface area contributed by atoms with Gasteiger partial charge in [-0.1, -0.05) is 19.1 Å². The van der Waals surface area contributed by atoms with Gasteiger partial charge in [-0.25, -0.2) is 0 Å². The highest BCUT2D eigenvalue weighted by atomic mass is 16.5. The molecule has 0 aromatic heterocycles. The zero-order valence-electron chi connectivity index (χ0n) is 12.1. The fourth-order valence-electron chi connectivity index (χ4n) is 2.96. The summed E-state index contributed by atoms with van der Waals surface area (Å²) in [4.78, 5) is 2.46. The Bertz CT molecular complexity index is 384. The van der Waals surface area contributed by atoms with E-state index >= 15 is 0 Å². The molecule has 0 amide bonds. The zero-order chi connectivity index (χ0) is 13.7. The van der Waals surface area contributed by atoms with Crippen LogP contribution in [0, 0.1) is 5.41 Å². The summed E-state index contributed by atoms with van der Waals surface area (Å²) in [5.41, 5.74) is 1.43. The van der Waals surface area contributed by atoms with Crippen LogP contribution in [0.4, 0.5) is 0 Å². The van der Waals surface area contributed by atoms with Gasteiger partial charge < -0.3 is 9.84 Å². The van der Waals surface area contributed by atoms with E-state index in [2.05, 4.69) is 24.0 Å². The zero-order valence-corrected chi connectivity index (χ0v) is 12.1. The van der Waals surface area contributed by atoms with E-state index in [0.717, 1.165) is 38.2 Å². The normalized spacial score (nSPS) is 24.4. The fraction of sp³-hybridized carbons (Fsp3) is 0.625. The molecule has 0 radical (unpaired) electrons. The third-order valence-corrected chi connectivity index (χ3v) is 4.39. The molecule has 1 saturated heterocycles. The van der Waals surface area contributed by atoms with Crippen LogP contribution in [0.2, 0.25) is 0 Å². The minimum absolute atomic E-state index is 0.116. The number of nitrogens with zero attached hydrogens (tertiary/aromatic N) is 1. The van der Waals surface area contributed by atoms with Crippen LogP contribution in [-0.4, -0.2) is 36.8 Å². The van der Waals surface area contributed by atoms with Crippen molar-refractivity contribution in [3.8, 4) is 5.75 Å². The summed E-state index contributed by atoms with van der Waals surface area (Å²) in [7, 11) is 1.69. The van der Waals surface area contributed by atoms with Crippen LogP contribution in [0.5, 0.6) is 5.75 Å². The van der Waals surface area contributed by atoms with Crippen molar-refractivity contribution in [3.63, 3.8) is 0 Å². The molecule has 0 saturated carbocycles. The van der Waals surface area contributed by atoms with E-state index in [9.17, 15) is 5.11 Å². The number of aliphatic hydroxyl groups is 1. The van der Waals surface area contributed by atoms with Crippen molar-refractivity contribution < 1.29 is 9.84 Å². The molecule has 1 aliphatic rings. The van der Waals surface area contributed by atoms with Gasteiger partial charge in [0.2, 0.25) is 0 Å². The molecule has 1 aliphatic heterocycles. The van der Waals surface area contributed by atoms with Crippen molar-refractivity contribution >= 4 is 0 Å². The van der Waals surface area contributed by atoms with Gasteiger partial charge in [0.05, 0.1) is 7.11 Å². The van der Waals surface area contributed by atoms with Crippen LogP contribution in [0.15, 0.2) is 24.3 Å². The van der Waals surface area contributed by atoms with Crippen molar-refractivity contribution in [3.05, 3.63) is 29.8 Å². The molecule has 0 unspecified atom stereocenters. The first-order valence-electron chi connectivity index (χ1n) is 7.17. The third-order valence-electron chi connectivity index (χ3n) is 4.39.